The van der Waals surface area contributed by atoms with Gasteiger partial charge in [-0.2, -0.15) is 0 Å². The number of rotatable bonds is 0. The summed E-state index contributed by atoms with van der Waals surface area (Å²) in [5.41, 5.74) is 0. The molecule has 1 aliphatic carbocycles. The van der Waals surface area contributed by atoms with Gasteiger partial charge in [-0.3, -0.25) is 0 Å². The molecule has 2 atom stereocenters. The summed E-state index contributed by atoms with van der Waals surface area (Å²) >= 11 is 0. The quantitative estimate of drug-likeness (QED) is 0.528. The molecule has 2 heterocycles. The van der Waals surface area contributed by atoms with Crippen molar-refractivity contribution in [3.05, 3.63) is 18.2 Å². The molecule has 0 radical (unpaired) electrons. The second-order valence-corrected chi connectivity index (χ2v) is 3.36. The summed E-state index contributed by atoms with van der Waals surface area (Å²) in [6.07, 6.45) is 8.18. The molecule has 0 N–H and O–H groups in total. The average molecular weight is 134 g/mol. The fourth-order valence-corrected chi connectivity index (χ4v) is 2.39. The van der Waals surface area contributed by atoms with E-state index in [-0.39, 0.29) is 0 Å². The predicted molar refractivity (Wildman–Crippen MR) is 37.9 cm³/mol. The minimum atomic E-state index is 0.806. The Morgan fingerprint density at radius 1 is 1.50 bits per heavy atom. The molecule has 0 amide bonds. The standard InChI is InChI=1S/C8H10N2/c1-2-7-5-6(1)8-9-3-4-10(7)8/h3-4,6-7H,1-2,5H2. The molecule has 52 valence electrons. The maximum absolute atomic E-state index is 4.34. The third-order valence-electron chi connectivity index (χ3n) is 2.86. The van der Waals surface area contributed by atoms with Gasteiger partial charge in [0.05, 0.1) is 0 Å². The van der Waals surface area contributed by atoms with Gasteiger partial charge in [-0.05, 0) is 19.3 Å². The summed E-state index contributed by atoms with van der Waals surface area (Å²) in [7, 11) is 0. The molecule has 1 saturated carbocycles. The number of aromatic nitrogens is 2. The predicted octanol–water partition coefficient (Wildman–Crippen LogP) is 1.71. The largest absolute Gasteiger partial charge is 0.332 e. The van der Waals surface area contributed by atoms with E-state index in [2.05, 4.69) is 15.7 Å². The topological polar surface area (TPSA) is 17.8 Å². The van der Waals surface area contributed by atoms with Crippen LogP contribution in [0.3, 0.4) is 0 Å². The zero-order chi connectivity index (χ0) is 6.55. The van der Waals surface area contributed by atoms with E-state index in [9.17, 15) is 0 Å². The average Bonchev–Trinajstić information content (AvgIpc) is 2.60. The van der Waals surface area contributed by atoms with Gasteiger partial charge < -0.3 is 4.57 Å². The summed E-state index contributed by atoms with van der Waals surface area (Å²) in [5.74, 6) is 2.15. The van der Waals surface area contributed by atoms with Crippen LogP contribution in [0.5, 0.6) is 0 Å². The Morgan fingerprint density at radius 3 is 3.40 bits per heavy atom. The SMILES string of the molecule is c1cn2c(n1)C1CCC2C1. The number of imidazole rings is 1. The molecule has 3 rings (SSSR count). The van der Waals surface area contributed by atoms with E-state index >= 15 is 0 Å². The molecule has 2 heteroatoms. The van der Waals surface area contributed by atoms with Crippen LogP contribution in [0.2, 0.25) is 0 Å². The first kappa shape index (κ1) is 4.94. The number of hydrogen-bond acceptors (Lipinski definition) is 1. The van der Waals surface area contributed by atoms with Crippen molar-refractivity contribution in [1.29, 1.82) is 0 Å². The Labute approximate surface area is 59.9 Å². The molecule has 2 aliphatic rings. The van der Waals surface area contributed by atoms with Crippen molar-refractivity contribution >= 4 is 0 Å². The third-order valence-corrected chi connectivity index (χ3v) is 2.86. The number of nitrogens with zero attached hydrogens (tertiary/aromatic N) is 2. The Kier molecular flexibility index (Phi) is 0.712. The molecule has 0 spiro atoms. The summed E-state index contributed by atoms with van der Waals surface area (Å²) in [4.78, 5) is 4.34. The third kappa shape index (κ3) is 0.405. The molecule has 2 bridgehead atoms. The highest BCUT2D eigenvalue weighted by molar-refractivity contribution is 5.13. The number of hydrogen-bond donors (Lipinski definition) is 0. The Hall–Kier alpha value is -0.790. The molecule has 2 nitrogen and oxygen atoms in total. The van der Waals surface area contributed by atoms with Crippen LogP contribution >= 0.6 is 0 Å². The second-order valence-electron chi connectivity index (χ2n) is 3.36. The van der Waals surface area contributed by atoms with Crippen LogP contribution in [0.1, 0.15) is 37.0 Å². The summed E-state index contributed by atoms with van der Waals surface area (Å²) in [5, 5.41) is 0. The molecule has 1 aliphatic heterocycles. The minimum Gasteiger partial charge on any atom is -0.332 e. The zero-order valence-corrected chi connectivity index (χ0v) is 5.83. The monoisotopic (exact) mass is 134 g/mol. The zero-order valence-electron chi connectivity index (χ0n) is 5.83. The Morgan fingerprint density at radius 2 is 2.50 bits per heavy atom. The van der Waals surface area contributed by atoms with Gasteiger partial charge in [0.1, 0.15) is 5.82 Å². The molecule has 10 heavy (non-hydrogen) atoms. The van der Waals surface area contributed by atoms with Crippen molar-refractivity contribution in [2.45, 2.75) is 31.2 Å². The van der Waals surface area contributed by atoms with Crippen molar-refractivity contribution in [1.82, 2.24) is 9.55 Å². The van der Waals surface area contributed by atoms with Crippen LogP contribution in [0.25, 0.3) is 0 Å². The van der Waals surface area contributed by atoms with Crippen molar-refractivity contribution in [2.24, 2.45) is 0 Å². The second kappa shape index (κ2) is 1.44. The first-order valence-corrected chi connectivity index (χ1v) is 3.98. The van der Waals surface area contributed by atoms with Crippen LogP contribution in [0.15, 0.2) is 12.4 Å². The smallest absolute Gasteiger partial charge is 0.112 e. The Bertz CT molecular complexity index is 239. The lowest BCUT2D eigenvalue weighted by molar-refractivity contribution is 0.526. The molecular weight excluding hydrogens is 124 g/mol. The molecule has 0 saturated heterocycles. The number of fused-ring (bicyclic) bond motifs is 5. The van der Waals surface area contributed by atoms with Gasteiger partial charge >= 0.3 is 0 Å². The summed E-state index contributed by atoms with van der Waals surface area (Å²) in [6, 6.07) is 0.808. The first-order chi connectivity index (χ1) is 4.95. The molecule has 1 aromatic rings. The van der Waals surface area contributed by atoms with Crippen LogP contribution in [-0.4, -0.2) is 9.55 Å². The lowest BCUT2D eigenvalue weighted by Crippen LogP contribution is -2.04. The van der Waals surface area contributed by atoms with E-state index < -0.39 is 0 Å². The van der Waals surface area contributed by atoms with Crippen LogP contribution < -0.4 is 0 Å². The molecular formula is C8H10N2. The van der Waals surface area contributed by atoms with Gasteiger partial charge in [0.25, 0.3) is 0 Å². The van der Waals surface area contributed by atoms with Crippen molar-refractivity contribution < 1.29 is 0 Å². The fourth-order valence-electron chi connectivity index (χ4n) is 2.39. The fraction of sp³-hybridized carbons (Fsp3) is 0.625. The van der Waals surface area contributed by atoms with E-state index in [1.54, 1.807) is 0 Å². The highest BCUT2D eigenvalue weighted by Crippen LogP contribution is 2.47. The first-order valence-electron chi connectivity index (χ1n) is 3.98. The summed E-state index contributed by atoms with van der Waals surface area (Å²) < 4.78 is 2.36. The highest BCUT2D eigenvalue weighted by Gasteiger charge is 2.37. The van der Waals surface area contributed by atoms with Crippen molar-refractivity contribution in [3.8, 4) is 0 Å². The van der Waals surface area contributed by atoms with Gasteiger partial charge in [-0.1, -0.05) is 0 Å². The molecule has 1 fully saturated rings. The van der Waals surface area contributed by atoms with Gasteiger partial charge in [0, 0.05) is 24.4 Å². The van der Waals surface area contributed by atoms with E-state index in [0.717, 1.165) is 12.0 Å². The molecule has 0 aromatic carbocycles. The normalized spacial score (nSPS) is 34.8. The lowest BCUT2D eigenvalue weighted by atomic mass is 10.1. The van der Waals surface area contributed by atoms with Crippen molar-refractivity contribution in [3.63, 3.8) is 0 Å². The van der Waals surface area contributed by atoms with E-state index in [1.807, 2.05) is 6.20 Å². The maximum Gasteiger partial charge on any atom is 0.112 e. The summed E-state index contributed by atoms with van der Waals surface area (Å²) in [6.45, 7) is 0. The van der Waals surface area contributed by atoms with Crippen LogP contribution in [-0.2, 0) is 0 Å². The van der Waals surface area contributed by atoms with Gasteiger partial charge in [0.2, 0.25) is 0 Å². The highest BCUT2D eigenvalue weighted by atomic mass is 15.1. The Balaban J connectivity index is 2.25. The van der Waals surface area contributed by atoms with Gasteiger partial charge in [-0.15, -0.1) is 0 Å². The maximum atomic E-state index is 4.34. The molecule has 2 unspecified atom stereocenters. The van der Waals surface area contributed by atoms with Gasteiger partial charge in [-0.25, -0.2) is 4.98 Å². The molecule has 1 aromatic heterocycles. The van der Waals surface area contributed by atoms with Crippen molar-refractivity contribution in [2.75, 3.05) is 0 Å². The lowest BCUT2D eigenvalue weighted by Gasteiger charge is -2.11. The van der Waals surface area contributed by atoms with Crippen LogP contribution in [0, 0.1) is 0 Å². The van der Waals surface area contributed by atoms with E-state index in [1.165, 1.54) is 25.1 Å². The minimum absolute atomic E-state index is 0.806. The van der Waals surface area contributed by atoms with E-state index in [4.69, 9.17) is 0 Å². The van der Waals surface area contributed by atoms with Gasteiger partial charge in [0.15, 0.2) is 0 Å². The van der Waals surface area contributed by atoms with Crippen LogP contribution in [0.4, 0.5) is 0 Å². The van der Waals surface area contributed by atoms with E-state index in [0.29, 0.717) is 0 Å².